The van der Waals surface area contributed by atoms with Crippen LogP contribution in [0.5, 0.6) is 0 Å². The molecule has 2 heterocycles. The van der Waals surface area contributed by atoms with E-state index in [-0.39, 0.29) is 5.91 Å². The second kappa shape index (κ2) is 5.98. The molecule has 0 aromatic carbocycles. The first kappa shape index (κ1) is 12.3. The normalized spacial score (nSPS) is 21.0. The predicted molar refractivity (Wildman–Crippen MR) is 72.0 cm³/mol. The highest BCUT2D eigenvalue weighted by Crippen LogP contribution is 2.13. The minimum atomic E-state index is 0.123. The molecule has 1 aliphatic heterocycles. The Bertz CT molecular complexity index is 386. The topological polar surface area (TPSA) is 32.3 Å². The molecule has 1 saturated heterocycles. The van der Waals surface area contributed by atoms with Crippen LogP contribution in [0, 0.1) is 0 Å². The number of carbonyl (C=O) groups excluding carboxylic acids is 1. The number of likely N-dealkylation sites (tertiary alicyclic amines) is 1. The van der Waals surface area contributed by atoms with Crippen LogP contribution in [0.4, 0.5) is 0 Å². The van der Waals surface area contributed by atoms with E-state index in [1.807, 2.05) is 35.5 Å². The maximum atomic E-state index is 12.0. The highest BCUT2D eigenvalue weighted by molar-refractivity contribution is 7.10. The fraction of sp³-hybridized carbons (Fsp3) is 0.462. The summed E-state index contributed by atoms with van der Waals surface area (Å²) in [6.07, 6.45) is 5.83. The zero-order chi connectivity index (χ0) is 12.1. The average Bonchev–Trinajstić information content (AvgIpc) is 2.89. The van der Waals surface area contributed by atoms with Crippen molar-refractivity contribution in [1.82, 2.24) is 10.2 Å². The molecule has 1 aliphatic rings. The Labute approximate surface area is 106 Å². The molecular formula is C13H18N2OS. The van der Waals surface area contributed by atoms with E-state index < -0.39 is 0 Å². The number of likely N-dealkylation sites (N-methyl/N-ethyl adjacent to an activating group) is 1. The summed E-state index contributed by atoms with van der Waals surface area (Å²) in [5, 5.41) is 5.26. The van der Waals surface area contributed by atoms with Crippen molar-refractivity contribution in [3.8, 4) is 0 Å². The minimum Gasteiger partial charge on any atom is -0.338 e. The zero-order valence-electron chi connectivity index (χ0n) is 10.1. The van der Waals surface area contributed by atoms with E-state index in [1.54, 1.807) is 17.4 Å². The summed E-state index contributed by atoms with van der Waals surface area (Å²) < 4.78 is 0. The second-order valence-electron chi connectivity index (χ2n) is 4.26. The largest absolute Gasteiger partial charge is 0.338 e. The molecule has 1 unspecified atom stereocenters. The lowest BCUT2D eigenvalue weighted by molar-refractivity contribution is -0.127. The molecule has 2 rings (SSSR count). The van der Waals surface area contributed by atoms with Crippen LogP contribution < -0.4 is 5.32 Å². The third-order valence-corrected chi connectivity index (χ3v) is 3.91. The lowest BCUT2D eigenvalue weighted by Crippen LogP contribution is -2.46. The van der Waals surface area contributed by atoms with Crippen LogP contribution in [-0.2, 0) is 4.79 Å². The van der Waals surface area contributed by atoms with Crippen LogP contribution in [0.1, 0.15) is 17.7 Å². The van der Waals surface area contributed by atoms with Crippen molar-refractivity contribution in [2.24, 2.45) is 0 Å². The van der Waals surface area contributed by atoms with E-state index in [1.165, 1.54) is 0 Å². The van der Waals surface area contributed by atoms with Gasteiger partial charge in [0, 0.05) is 30.1 Å². The Hall–Kier alpha value is -1.13. The van der Waals surface area contributed by atoms with Crippen molar-refractivity contribution in [2.45, 2.75) is 18.9 Å². The molecule has 92 valence electrons. The van der Waals surface area contributed by atoms with Crippen LogP contribution in [0.25, 0.3) is 6.08 Å². The van der Waals surface area contributed by atoms with Gasteiger partial charge in [-0.05, 0) is 37.4 Å². The number of hydrogen-bond acceptors (Lipinski definition) is 3. The molecule has 1 aromatic rings. The third-order valence-electron chi connectivity index (χ3n) is 3.07. The monoisotopic (exact) mass is 250 g/mol. The lowest BCUT2D eigenvalue weighted by atomic mass is 10.1. The van der Waals surface area contributed by atoms with Crippen molar-refractivity contribution in [3.05, 3.63) is 28.5 Å². The number of nitrogens with zero attached hydrogens (tertiary/aromatic N) is 1. The van der Waals surface area contributed by atoms with E-state index >= 15 is 0 Å². The first-order chi connectivity index (χ1) is 8.29. The Kier molecular flexibility index (Phi) is 4.34. The smallest absolute Gasteiger partial charge is 0.246 e. The summed E-state index contributed by atoms with van der Waals surface area (Å²) in [6.45, 7) is 1.70. The highest BCUT2D eigenvalue weighted by atomic mass is 32.1. The summed E-state index contributed by atoms with van der Waals surface area (Å²) >= 11 is 1.65. The molecule has 17 heavy (non-hydrogen) atoms. The molecule has 4 heteroatoms. The molecule has 1 aromatic heterocycles. The van der Waals surface area contributed by atoms with Crippen LogP contribution >= 0.6 is 11.3 Å². The van der Waals surface area contributed by atoms with E-state index in [0.717, 1.165) is 30.8 Å². The first-order valence-corrected chi connectivity index (χ1v) is 6.85. The number of nitrogens with one attached hydrogen (secondary N) is 1. The van der Waals surface area contributed by atoms with Gasteiger partial charge in [-0.15, -0.1) is 11.3 Å². The van der Waals surface area contributed by atoms with Gasteiger partial charge in [0.1, 0.15) is 0 Å². The van der Waals surface area contributed by atoms with E-state index in [9.17, 15) is 4.79 Å². The van der Waals surface area contributed by atoms with Gasteiger partial charge in [0.2, 0.25) is 5.91 Å². The summed E-state index contributed by atoms with van der Waals surface area (Å²) in [5.41, 5.74) is 0. The van der Waals surface area contributed by atoms with Gasteiger partial charge in [0.25, 0.3) is 0 Å². The van der Waals surface area contributed by atoms with Gasteiger partial charge in [-0.3, -0.25) is 4.79 Å². The molecule has 1 fully saturated rings. The molecule has 1 N–H and O–H groups in total. The standard InChI is InChI=1S/C13H18N2OS/c1-14-11-4-2-8-15(10-11)13(16)7-6-12-5-3-9-17-12/h3,5-7,9,11,14H,2,4,8,10H2,1H3. The van der Waals surface area contributed by atoms with Gasteiger partial charge in [0.05, 0.1) is 0 Å². The van der Waals surface area contributed by atoms with Crippen LogP contribution in [0.3, 0.4) is 0 Å². The molecule has 1 amide bonds. The molecular weight excluding hydrogens is 232 g/mol. The fourth-order valence-corrected chi connectivity index (χ4v) is 2.68. The summed E-state index contributed by atoms with van der Waals surface area (Å²) in [7, 11) is 1.96. The number of rotatable bonds is 3. The van der Waals surface area contributed by atoms with Gasteiger partial charge < -0.3 is 10.2 Å². The predicted octanol–water partition coefficient (Wildman–Crippen LogP) is 1.97. The Morgan fingerprint density at radius 3 is 3.24 bits per heavy atom. The van der Waals surface area contributed by atoms with Crippen molar-refractivity contribution >= 4 is 23.3 Å². The highest BCUT2D eigenvalue weighted by Gasteiger charge is 2.20. The summed E-state index contributed by atoms with van der Waals surface area (Å²) in [5.74, 6) is 0.123. The first-order valence-electron chi connectivity index (χ1n) is 5.97. The van der Waals surface area contributed by atoms with Gasteiger partial charge in [-0.25, -0.2) is 0 Å². The molecule has 0 aliphatic carbocycles. The van der Waals surface area contributed by atoms with Gasteiger partial charge in [-0.1, -0.05) is 6.07 Å². The zero-order valence-corrected chi connectivity index (χ0v) is 10.9. The number of piperidine rings is 1. The van der Waals surface area contributed by atoms with E-state index in [2.05, 4.69) is 5.32 Å². The quantitative estimate of drug-likeness (QED) is 0.832. The fourth-order valence-electron chi connectivity index (χ4n) is 2.06. The molecule has 0 bridgehead atoms. The maximum Gasteiger partial charge on any atom is 0.246 e. The van der Waals surface area contributed by atoms with Crippen LogP contribution in [0.15, 0.2) is 23.6 Å². The van der Waals surface area contributed by atoms with Gasteiger partial charge in [0.15, 0.2) is 0 Å². The van der Waals surface area contributed by atoms with E-state index in [0.29, 0.717) is 6.04 Å². The van der Waals surface area contributed by atoms with Crippen molar-refractivity contribution in [2.75, 3.05) is 20.1 Å². The molecule has 0 spiro atoms. The van der Waals surface area contributed by atoms with Crippen molar-refractivity contribution in [3.63, 3.8) is 0 Å². The molecule has 0 saturated carbocycles. The molecule has 1 atom stereocenters. The Morgan fingerprint density at radius 2 is 2.53 bits per heavy atom. The minimum absolute atomic E-state index is 0.123. The van der Waals surface area contributed by atoms with Gasteiger partial charge in [-0.2, -0.15) is 0 Å². The second-order valence-corrected chi connectivity index (χ2v) is 5.24. The summed E-state index contributed by atoms with van der Waals surface area (Å²) in [4.78, 5) is 15.0. The van der Waals surface area contributed by atoms with Crippen molar-refractivity contribution in [1.29, 1.82) is 0 Å². The maximum absolute atomic E-state index is 12.0. The van der Waals surface area contributed by atoms with E-state index in [4.69, 9.17) is 0 Å². The molecule has 3 nitrogen and oxygen atoms in total. The third kappa shape index (κ3) is 3.41. The summed E-state index contributed by atoms with van der Waals surface area (Å²) in [6, 6.07) is 4.45. The molecule has 0 radical (unpaired) electrons. The number of carbonyl (C=O) groups is 1. The van der Waals surface area contributed by atoms with Crippen LogP contribution in [0.2, 0.25) is 0 Å². The lowest BCUT2D eigenvalue weighted by Gasteiger charge is -2.31. The van der Waals surface area contributed by atoms with Gasteiger partial charge >= 0.3 is 0 Å². The average molecular weight is 250 g/mol. The van der Waals surface area contributed by atoms with Crippen LogP contribution in [-0.4, -0.2) is 37.0 Å². The number of amides is 1. The number of thiophene rings is 1. The SMILES string of the molecule is CNC1CCCN(C(=O)C=Cc2cccs2)C1. The Morgan fingerprint density at radius 1 is 1.65 bits per heavy atom. The Balaban J connectivity index is 1.91. The number of hydrogen-bond donors (Lipinski definition) is 1. The van der Waals surface area contributed by atoms with Crippen molar-refractivity contribution < 1.29 is 4.79 Å².